The first kappa shape index (κ1) is 13.1. The Hall–Kier alpha value is -1.31. The molecule has 18 heavy (non-hydrogen) atoms. The van der Waals surface area contributed by atoms with Gasteiger partial charge in [-0.05, 0) is 0 Å². The van der Waals surface area contributed by atoms with Crippen molar-refractivity contribution >= 4 is 10.7 Å². The number of hydrogen-bond acceptors (Lipinski definition) is 0. The van der Waals surface area contributed by atoms with Gasteiger partial charge in [-0.15, -0.1) is 0 Å². The predicted octanol–water partition coefficient (Wildman–Crippen LogP) is 3.86. The van der Waals surface area contributed by atoms with Gasteiger partial charge in [-0.1, -0.05) is 0 Å². The fourth-order valence-corrected chi connectivity index (χ4v) is 2.32. The molecule has 1 aromatic rings. The molecule has 0 aromatic heterocycles. The summed E-state index contributed by atoms with van der Waals surface area (Å²) in [4.78, 5) is 0. The second-order valence-corrected chi connectivity index (χ2v) is 4.65. The first-order valence-electron chi connectivity index (χ1n) is 6.35. The van der Waals surface area contributed by atoms with Crippen LogP contribution >= 0.6 is 0 Å². The van der Waals surface area contributed by atoms with Crippen LogP contribution in [0.3, 0.4) is 0 Å². The van der Waals surface area contributed by atoms with E-state index in [1.165, 1.54) is 17.5 Å². The van der Waals surface area contributed by atoms with Crippen LogP contribution in [0.1, 0.15) is 43.2 Å². The van der Waals surface area contributed by atoms with E-state index >= 15 is 0 Å². The van der Waals surface area contributed by atoms with Crippen molar-refractivity contribution in [3.05, 3.63) is 47.0 Å². The fraction of sp³-hybridized carbons (Fsp3) is 0.294. The van der Waals surface area contributed by atoms with Crippen LogP contribution in [0.4, 0.5) is 0 Å². The Balaban J connectivity index is 2.19. The minimum atomic E-state index is 0.243. The van der Waals surface area contributed by atoms with E-state index in [-0.39, 0.29) is 5.92 Å². The molecule has 1 unspecified atom stereocenters. The second-order valence-electron chi connectivity index (χ2n) is 4.37. The van der Waals surface area contributed by atoms with Gasteiger partial charge in [0.1, 0.15) is 0 Å². The Bertz CT molecular complexity index is 563. The Morgan fingerprint density at radius 3 is 2.94 bits per heavy atom. The average molecular weight is 276 g/mol. The van der Waals surface area contributed by atoms with Gasteiger partial charge in [0.15, 0.2) is 0 Å². The molecule has 0 nitrogen and oxygen atoms in total. The van der Waals surface area contributed by atoms with Crippen LogP contribution in [-0.2, 0) is 15.6 Å². The summed E-state index contributed by atoms with van der Waals surface area (Å²) in [7, 11) is 0. The van der Waals surface area contributed by atoms with E-state index in [2.05, 4.69) is 75.3 Å². The van der Waals surface area contributed by atoms with Crippen LogP contribution in [0.5, 0.6) is 0 Å². The normalized spacial score (nSPS) is 15.6. The maximum absolute atomic E-state index is 3.78. The van der Waals surface area contributed by atoms with Crippen LogP contribution in [0, 0.1) is 11.8 Å². The van der Waals surface area contributed by atoms with E-state index in [1.54, 1.807) is 0 Å². The van der Waals surface area contributed by atoms with Gasteiger partial charge in [0.05, 0.1) is 0 Å². The molecule has 1 aliphatic rings. The molecule has 0 fully saturated rings. The molecular weight excluding hydrogens is 260 g/mol. The zero-order valence-corrected chi connectivity index (χ0v) is 11.6. The Morgan fingerprint density at radius 2 is 2.17 bits per heavy atom. The summed E-state index contributed by atoms with van der Waals surface area (Å²) in [5, 5.41) is 0. The molecule has 0 aliphatic heterocycles. The van der Waals surface area contributed by atoms with Gasteiger partial charge >= 0.3 is 117 Å². The topological polar surface area (TPSA) is 0 Å². The summed E-state index contributed by atoms with van der Waals surface area (Å²) in [5.41, 5.74) is 3.59. The molecule has 0 heterocycles. The fourth-order valence-electron chi connectivity index (χ4n) is 2.08. The van der Waals surface area contributed by atoms with Gasteiger partial charge in [0.2, 0.25) is 0 Å². The van der Waals surface area contributed by atoms with Gasteiger partial charge in [-0.2, -0.15) is 0 Å². The molecule has 2 rings (SSSR count). The average Bonchev–Trinajstić information content (AvgIpc) is 2.83. The van der Waals surface area contributed by atoms with E-state index in [9.17, 15) is 0 Å². The molecule has 0 N–H and O–H groups in total. The number of hydrogen-bond donors (Lipinski definition) is 0. The van der Waals surface area contributed by atoms with Crippen molar-refractivity contribution in [1.29, 1.82) is 0 Å². The number of fused-ring (bicyclic) bond motifs is 1. The molecule has 0 radical (unpaired) electrons. The van der Waals surface area contributed by atoms with Crippen molar-refractivity contribution < 1.29 is 15.6 Å². The van der Waals surface area contributed by atoms with Crippen molar-refractivity contribution in [1.82, 2.24) is 0 Å². The van der Waals surface area contributed by atoms with E-state index in [4.69, 9.17) is 0 Å². The summed E-state index contributed by atoms with van der Waals surface area (Å²) in [6.45, 7) is 2.18. The first-order valence-corrected chi connectivity index (χ1v) is 6.90. The summed E-state index contributed by atoms with van der Waals surface area (Å²) in [6.07, 6.45) is 7.65. The van der Waals surface area contributed by atoms with Crippen LogP contribution in [0.15, 0.2) is 35.9 Å². The number of allylic oxidation sites excluding steroid dienone is 2. The molecule has 1 aliphatic carbocycles. The quantitative estimate of drug-likeness (QED) is 0.446. The summed E-state index contributed by atoms with van der Waals surface area (Å²) >= 11 is 3.78. The summed E-state index contributed by atoms with van der Waals surface area (Å²) in [6, 6.07) is 8.43. The molecule has 92 valence electrons. The Morgan fingerprint density at radius 1 is 1.33 bits per heavy atom. The molecular formula is C17H16Fe. The molecule has 0 saturated carbocycles. The minimum absolute atomic E-state index is 0.243. The van der Waals surface area contributed by atoms with Crippen LogP contribution < -0.4 is 0 Å². The van der Waals surface area contributed by atoms with Gasteiger partial charge in [-0.25, -0.2) is 0 Å². The Labute approximate surface area is 117 Å². The van der Waals surface area contributed by atoms with Crippen molar-refractivity contribution in [2.75, 3.05) is 0 Å². The molecule has 0 spiro atoms. The second kappa shape index (κ2) is 6.58. The number of rotatable bonds is 3. The molecule has 0 bridgehead atoms. The van der Waals surface area contributed by atoms with Crippen LogP contribution in [0.2, 0.25) is 0 Å². The van der Waals surface area contributed by atoms with Gasteiger partial charge < -0.3 is 0 Å². The van der Waals surface area contributed by atoms with E-state index in [1.807, 2.05) is 0 Å². The van der Waals surface area contributed by atoms with Crippen molar-refractivity contribution in [2.45, 2.75) is 32.1 Å². The zero-order valence-electron chi connectivity index (χ0n) is 10.5. The van der Waals surface area contributed by atoms with Crippen molar-refractivity contribution in [3.8, 4) is 11.8 Å². The third-order valence-electron chi connectivity index (χ3n) is 3.08. The SMILES string of the molecule is CCCCC#CC(=[C]=[Fe])C1C=Cc2ccccc21. The molecule has 1 atom stereocenters. The molecule has 1 heteroatoms. The van der Waals surface area contributed by atoms with Gasteiger partial charge in [0, 0.05) is 0 Å². The van der Waals surface area contributed by atoms with Crippen molar-refractivity contribution in [2.24, 2.45) is 0 Å². The standard InChI is InChI=1S/C17H16.Fe/c1-3-4-5-6-9-14(2)16-13-12-15-10-7-8-11-17(15)16;/h7-8,10-13,16H,3-5H2,1H3;. The van der Waals surface area contributed by atoms with Crippen LogP contribution in [-0.4, -0.2) is 4.58 Å². The molecule has 0 saturated heterocycles. The Kier molecular flexibility index (Phi) is 4.80. The third kappa shape index (κ3) is 2.92. The third-order valence-corrected chi connectivity index (χ3v) is 3.38. The van der Waals surface area contributed by atoms with Gasteiger partial charge in [-0.3, -0.25) is 0 Å². The predicted molar refractivity (Wildman–Crippen MR) is 74.0 cm³/mol. The van der Waals surface area contributed by atoms with E-state index < -0.39 is 0 Å². The number of benzene rings is 1. The van der Waals surface area contributed by atoms with E-state index in [0.29, 0.717) is 0 Å². The summed E-state index contributed by atoms with van der Waals surface area (Å²) < 4.78 is 3.00. The van der Waals surface area contributed by atoms with Gasteiger partial charge in [0.25, 0.3) is 0 Å². The molecule has 0 amide bonds. The summed E-state index contributed by atoms with van der Waals surface area (Å²) in [5.74, 6) is 6.69. The van der Waals surface area contributed by atoms with Crippen LogP contribution in [0.25, 0.3) is 6.08 Å². The monoisotopic (exact) mass is 276 g/mol. The number of unbranched alkanes of at least 4 members (excludes halogenated alkanes) is 2. The van der Waals surface area contributed by atoms with Crippen molar-refractivity contribution in [3.63, 3.8) is 0 Å². The maximum atomic E-state index is 3.78. The van der Waals surface area contributed by atoms with E-state index in [0.717, 1.165) is 18.4 Å². The molecule has 1 aromatic carbocycles. The zero-order chi connectivity index (χ0) is 12.8. The first-order chi connectivity index (χ1) is 8.86.